The van der Waals surface area contributed by atoms with Crippen LogP contribution in [-0.2, 0) is 26.2 Å². The van der Waals surface area contributed by atoms with Gasteiger partial charge in [-0.1, -0.05) is 6.07 Å². The zero-order valence-electron chi connectivity index (χ0n) is 13.5. The van der Waals surface area contributed by atoms with Gasteiger partial charge in [-0.05, 0) is 30.5 Å². The van der Waals surface area contributed by atoms with Crippen LogP contribution in [0.15, 0.2) is 23.1 Å². The first-order valence-corrected chi connectivity index (χ1v) is 8.87. The Morgan fingerprint density at radius 2 is 2.12 bits per heavy atom. The van der Waals surface area contributed by atoms with E-state index in [9.17, 15) is 23.1 Å². The largest absolute Gasteiger partial charge is 0.495 e. The molecular weight excluding hydrogens is 336 g/mol. The molecule has 0 bridgehead atoms. The number of hydrogen-bond acceptors (Lipinski definition) is 5. The number of ether oxygens (including phenoxy) is 1. The predicted molar refractivity (Wildman–Crippen MR) is 85.1 cm³/mol. The minimum atomic E-state index is -4.02. The first kappa shape index (κ1) is 18.2. The van der Waals surface area contributed by atoms with Crippen LogP contribution in [0.25, 0.3) is 0 Å². The molecule has 0 radical (unpaired) electrons. The summed E-state index contributed by atoms with van der Waals surface area (Å²) in [6.45, 7) is 1.69. The Balaban J connectivity index is 2.42. The maximum atomic E-state index is 12.9. The van der Waals surface area contributed by atoms with Crippen LogP contribution in [-0.4, -0.2) is 49.4 Å². The summed E-state index contributed by atoms with van der Waals surface area (Å²) in [4.78, 5) is 22.2. The SMILES string of the molecule is COc1ccc(CNC(C)=O)cc1S(=O)(=O)N1CCC[C@H]1C(=O)O. The summed E-state index contributed by atoms with van der Waals surface area (Å²) in [5.74, 6) is -1.26. The van der Waals surface area contributed by atoms with Crippen molar-refractivity contribution in [3.05, 3.63) is 23.8 Å². The van der Waals surface area contributed by atoms with E-state index in [1.165, 1.54) is 26.2 Å². The molecule has 1 amide bonds. The summed E-state index contributed by atoms with van der Waals surface area (Å²) in [5.41, 5.74) is 0.579. The number of benzene rings is 1. The molecule has 9 heteroatoms. The minimum Gasteiger partial charge on any atom is -0.495 e. The molecule has 1 fully saturated rings. The lowest BCUT2D eigenvalue weighted by Crippen LogP contribution is -2.40. The van der Waals surface area contributed by atoms with Gasteiger partial charge in [0.15, 0.2) is 0 Å². The topological polar surface area (TPSA) is 113 Å². The van der Waals surface area contributed by atoms with Crippen molar-refractivity contribution < 1.29 is 27.9 Å². The second-order valence-corrected chi connectivity index (χ2v) is 7.37. The van der Waals surface area contributed by atoms with Gasteiger partial charge >= 0.3 is 5.97 Å². The second-order valence-electron chi connectivity index (χ2n) is 5.51. The third-order valence-electron chi connectivity index (χ3n) is 3.84. The highest BCUT2D eigenvalue weighted by molar-refractivity contribution is 7.89. The highest BCUT2D eigenvalue weighted by Crippen LogP contribution is 2.32. The molecular formula is C15H20N2O6S. The number of rotatable bonds is 6. The van der Waals surface area contributed by atoms with Crippen LogP contribution in [0.1, 0.15) is 25.3 Å². The summed E-state index contributed by atoms with van der Waals surface area (Å²) < 4.78 is 32.0. The van der Waals surface area contributed by atoms with Crippen molar-refractivity contribution in [3.63, 3.8) is 0 Å². The predicted octanol–water partition coefficient (Wildman–Crippen LogP) is 0.569. The molecule has 0 saturated carbocycles. The second kappa shape index (κ2) is 7.18. The van der Waals surface area contributed by atoms with E-state index in [4.69, 9.17) is 4.74 Å². The fourth-order valence-corrected chi connectivity index (χ4v) is 4.52. The molecule has 0 spiro atoms. The van der Waals surface area contributed by atoms with E-state index in [0.29, 0.717) is 12.0 Å². The van der Waals surface area contributed by atoms with Gasteiger partial charge in [0.25, 0.3) is 0 Å². The van der Waals surface area contributed by atoms with E-state index >= 15 is 0 Å². The van der Waals surface area contributed by atoms with E-state index in [1.807, 2.05) is 0 Å². The Morgan fingerprint density at radius 3 is 2.71 bits per heavy atom. The van der Waals surface area contributed by atoms with Gasteiger partial charge in [0.1, 0.15) is 16.7 Å². The average Bonchev–Trinajstić information content (AvgIpc) is 3.03. The highest BCUT2D eigenvalue weighted by Gasteiger charge is 2.40. The fourth-order valence-electron chi connectivity index (χ4n) is 2.66. The zero-order valence-corrected chi connectivity index (χ0v) is 14.3. The normalized spacial score (nSPS) is 18.3. The van der Waals surface area contributed by atoms with Crippen LogP contribution in [0.4, 0.5) is 0 Å². The maximum absolute atomic E-state index is 12.9. The quantitative estimate of drug-likeness (QED) is 0.770. The molecule has 1 saturated heterocycles. The van der Waals surface area contributed by atoms with Crippen LogP contribution in [0, 0.1) is 0 Å². The number of nitrogens with zero attached hydrogens (tertiary/aromatic N) is 1. The molecule has 1 aliphatic rings. The third-order valence-corrected chi connectivity index (χ3v) is 5.77. The Bertz CT molecular complexity index is 746. The molecule has 2 rings (SSSR count). The van der Waals surface area contributed by atoms with E-state index in [-0.39, 0.29) is 36.1 Å². The Hall–Kier alpha value is -2.13. The number of carbonyl (C=O) groups excluding carboxylic acids is 1. The van der Waals surface area contributed by atoms with Gasteiger partial charge in [-0.25, -0.2) is 8.42 Å². The van der Waals surface area contributed by atoms with Crippen molar-refractivity contribution in [3.8, 4) is 5.75 Å². The lowest BCUT2D eigenvalue weighted by Gasteiger charge is -2.22. The number of nitrogens with one attached hydrogen (secondary N) is 1. The molecule has 2 N–H and O–H groups in total. The lowest BCUT2D eigenvalue weighted by atomic mass is 10.2. The Labute approximate surface area is 140 Å². The van der Waals surface area contributed by atoms with E-state index in [2.05, 4.69) is 5.32 Å². The lowest BCUT2D eigenvalue weighted by molar-refractivity contribution is -0.140. The van der Waals surface area contributed by atoms with E-state index < -0.39 is 22.0 Å². The van der Waals surface area contributed by atoms with Crippen molar-refractivity contribution in [2.24, 2.45) is 0 Å². The summed E-state index contributed by atoms with van der Waals surface area (Å²) in [7, 11) is -2.67. The number of methoxy groups -OCH3 is 1. The standard InChI is InChI=1S/C15H20N2O6S/c1-10(18)16-9-11-5-6-13(23-2)14(8-11)24(21,22)17-7-3-4-12(17)15(19)20/h5-6,8,12H,3-4,7,9H2,1-2H3,(H,16,18)(H,19,20)/t12-/m0/s1. The van der Waals surface area contributed by atoms with Gasteiger partial charge in [-0.2, -0.15) is 4.31 Å². The van der Waals surface area contributed by atoms with Crippen LogP contribution < -0.4 is 10.1 Å². The highest BCUT2D eigenvalue weighted by atomic mass is 32.2. The monoisotopic (exact) mass is 356 g/mol. The molecule has 1 heterocycles. The molecule has 132 valence electrons. The zero-order chi connectivity index (χ0) is 17.9. The molecule has 24 heavy (non-hydrogen) atoms. The van der Waals surface area contributed by atoms with Gasteiger partial charge < -0.3 is 15.2 Å². The van der Waals surface area contributed by atoms with Crippen LogP contribution in [0.3, 0.4) is 0 Å². The number of carbonyl (C=O) groups is 2. The Kier molecular flexibility index (Phi) is 5.45. The number of aliphatic carboxylic acids is 1. The third kappa shape index (κ3) is 3.68. The van der Waals surface area contributed by atoms with Gasteiger partial charge in [0.05, 0.1) is 7.11 Å². The number of hydrogen-bond donors (Lipinski definition) is 2. The molecule has 8 nitrogen and oxygen atoms in total. The first-order chi connectivity index (χ1) is 11.3. The van der Waals surface area contributed by atoms with Crippen LogP contribution in [0.2, 0.25) is 0 Å². The van der Waals surface area contributed by atoms with Crippen LogP contribution >= 0.6 is 0 Å². The van der Waals surface area contributed by atoms with Crippen molar-refractivity contribution >= 4 is 21.9 Å². The first-order valence-electron chi connectivity index (χ1n) is 7.43. The number of carboxylic acid groups (broad SMARTS) is 1. The average molecular weight is 356 g/mol. The number of sulfonamides is 1. The summed E-state index contributed by atoms with van der Waals surface area (Å²) in [6, 6.07) is 3.47. The smallest absolute Gasteiger partial charge is 0.322 e. The van der Waals surface area contributed by atoms with Gasteiger partial charge in [-0.3, -0.25) is 9.59 Å². The summed E-state index contributed by atoms with van der Waals surface area (Å²) >= 11 is 0. The van der Waals surface area contributed by atoms with Crippen molar-refractivity contribution in [2.45, 2.75) is 37.2 Å². The molecule has 1 aliphatic heterocycles. The van der Waals surface area contributed by atoms with Crippen molar-refractivity contribution in [1.29, 1.82) is 0 Å². The van der Waals surface area contributed by atoms with Crippen LogP contribution in [0.5, 0.6) is 5.75 Å². The molecule has 0 aliphatic carbocycles. The molecule has 0 aromatic heterocycles. The Morgan fingerprint density at radius 1 is 1.42 bits per heavy atom. The molecule has 1 aromatic carbocycles. The summed E-state index contributed by atoms with van der Waals surface area (Å²) in [5, 5.41) is 11.8. The van der Waals surface area contributed by atoms with Gasteiger partial charge in [0.2, 0.25) is 15.9 Å². The van der Waals surface area contributed by atoms with E-state index in [0.717, 1.165) is 4.31 Å². The summed E-state index contributed by atoms with van der Waals surface area (Å²) in [6.07, 6.45) is 0.770. The number of amides is 1. The van der Waals surface area contributed by atoms with Gasteiger partial charge in [-0.15, -0.1) is 0 Å². The van der Waals surface area contributed by atoms with E-state index in [1.54, 1.807) is 6.07 Å². The maximum Gasteiger partial charge on any atom is 0.322 e. The minimum absolute atomic E-state index is 0.0963. The number of carboxylic acids is 1. The van der Waals surface area contributed by atoms with Crippen molar-refractivity contribution in [2.75, 3.05) is 13.7 Å². The fraction of sp³-hybridized carbons (Fsp3) is 0.467. The van der Waals surface area contributed by atoms with Gasteiger partial charge in [0, 0.05) is 20.0 Å². The molecule has 1 atom stereocenters. The molecule has 0 unspecified atom stereocenters. The van der Waals surface area contributed by atoms with Crippen molar-refractivity contribution in [1.82, 2.24) is 9.62 Å². The molecule has 1 aromatic rings.